The summed E-state index contributed by atoms with van der Waals surface area (Å²) in [6.07, 6.45) is 1.03. The predicted octanol–water partition coefficient (Wildman–Crippen LogP) is 5.73. The van der Waals surface area contributed by atoms with Crippen molar-refractivity contribution < 1.29 is 49.0 Å². The van der Waals surface area contributed by atoms with Crippen LogP contribution in [-0.4, -0.2) is 3.21 Å². The Morgan fingerprint density at radius 3 is 1.46 bits per heavy atom. The molecule has 0 bridgehead atoms. The molecule has 0 aromatic heterocycles. The molecule has 0 aliphatic heterocycles. The van der Waals surface area contributed by atoms with Crippen LogP contribution in [0, 0.1) is 6.07 Å². The SMILES string of the molecule is CC(C)(C)c1[c-]c2c(cc1)-c1ccc(C(C)(C)C)cc1C2.CC(C)([C](=[Zr+2])C(C)(C)c1ccccc1)c1ccccc1.[Cl-].[Cl-].c1cc[cH-]c1. The molecule has 5 aromatic rings. The van der Waals surface area contributed by atoms with Gasteiger partial charge < -0.3 is 24.8 Å². The molecule has 48 heavy (non-hydrogen) atoms. The normalized spacial score (nSPS) is 12.1. The molecule has 3 heteroatoms. The van der Waals surface area contributed by atoms with Gasteiger partial charge in [-0.15, -0.1) is 11.1 Å². The molecule has 5 aromatic carbocycles. The van der Waals surface area contributed by atoms with E-state index in [1.165, 1.54) is 68.7 Å². The fourth-order valence-corrected chi connectivity index (χ4v) is 6.84. The van der Waals surface area contributed by atoms with Gasteiger partial charge in [-0.25, -0.2) is 12.1 Å². The van der Waals surface area contributed by atoms with Crippen LogP contribution in [0.2, 0.25) is 0 Å². The summed E-state index contributed by atoms with van der Waals surface area (Å²) in [5, 5.41) is 0. The molecule has 0 saturated heterocycles. The fraction of sp³-hybridized carbons (Fsp3) is 0.333. The van der Waals surface area contributed by atoms with Crippen molar-refractivity contribution in [3.63, 3.8) is 0 Å². The minimum Gasteiger partial charge on any atom is -1.00 e. The standard InChI is InChI=1S/C21H25.C19H22.C5H5.2ClH.Zr/c1-20(2,3)16-7-9-18-14(12-16)11-15-13-17(21(4,5)6)8-10-19(15)18;1-18(2,16-11-7-5-8-12-16)15-19(3,4)17-13-9-6-10-14-17;1-2-4-5-3-1;;;/h7-10,12H,11H2,1-6H3;5-14H,1-4H3;1-5H;2*1H;/q-1;;-1;;;+2/p-2. The van der Waals surface area contributed by atoms with Gasteiger partial charge in [0.25, 0.3) is 0 Å². The molecule has 0 fully saturated rings. The van der Waals surface area contributed by atoms with Crippen LogP contribution in [0.5, 0.6) is 0 Å². The smallest absolute Gasteiger partial charge is 0.172 e. The van der Waals surface area contributed by atoms with Crippen molar-refractivity contribution in [2.45, 2.75) is 97.3 Å². The van der Waals surface area contributed by atoms with E-state index in [-0.39, 0.29) is 46.5 Å². The van der Waals surface area contributed by atoms with Gasteiger partial charge in [-0.1, -0.05) is 65.3 Å². The first-order chi connectivity index (χ1) is 21.5. The molecule has 252 valence electrons. The van der Waals surface area contributed by atoms with Crippen molar-refractivity contribution in [2.75, 3.05) is 0 Å². The average Bonchev–Trinajstić information content (AvgIpc) is 3.72. The molecule has 0 radical (unpaired) electrons. The molecule has 1 aliphatic carbocycles. The van der Waals surface area contributed by atoms with Crippen molar-refractivity contribution in [3.8, 4) is 11.1 Å². The van der Waals surface area contributed by atoms with Gasteiger partial charge in [-0.3, -0.25) is 0 Å². The summed E-state index contributed by atoms with van der Waals surface area (Å²) in [4.78, 5) is 0. The molecular weight excluding hydrogens is 703 g/mol. The van der Waals surface area contributed by atoms with Gasteiger partial charge in [0, 0.05) is 0 Å². The Kier molecular flexibility index (Phi) is 14.8. The fourth-order valence-electron chi connectivity index (χ4n) is 6.13. The maximum absolute atomic E-state index is 3.67. The quantitative estimate of drug-likeness (QED) is 0.202. The van der Waals surface area contributed by atoms with E-state index in [4.69, 9.17) is 0 Å². The Balaban J connectivity index is 0.000000281. The summed E-state index contributed by atoms with van der Waals surface area (Å²) in [5.74, 6) is 0. The van der Waals surface area contributed by atoms with Crippen LogP contribution in [0.4, 0.5) is 0 Å². The Morgan fingerprint density at radius 2 is 1.04 bits per heavy atom. The number of fused-ring (bicyclic) bond motifs is 3. The number of halogens is 2. The Morgan fingerprint density at radius 1 is 0.562 bits per heavy atom. The summed E-state index contributed by atoms with van der Waals surface area (Å²) >= 11 is 1.51. The topological polar surface area (TPSA) is 0 Å². The molecule has 0 nitrogen and oxygen atoms in total. The van der Waals surface area contributed by atoms with Crippen molar-refractivity contribution in [3.05, 3.63) is 161 Å². The van der Waals surface area contributed by atoms with E-state index in [1.807, 2.05) is 30.3 Å². The van der Waals surface area contributed by atoms with Gasteiger partial charge in [0.1, 0.15) is 0 Å². The molecule has 0 heterocycles. The third-order valence-corrected chi connectivity index (χ3v) is 12.3. The first-order valence-corrected chi connectivity index (χ1v) is 17.8. The third-order valence-electron chi connectivity index (χ3n) is 9.26. The third kappa shape index (κ3) is 10.1. The first kappa shape index (κ1) is 41.7. The molecule has 1 aliphatic rings. The second-order valence-corrected chi connectivity index (χ2v) is 16.9. The van der Waals surface area contributed by atoms with Crippen molar-refractivity contribution in [1.82, 2.24) is 0 Å². The maximum Gasteiger partial charge on any atom is -0.172 e. The predicted molar refractivity (Wildman–Crippen MR) is 197 cm³/mol. The second kappa shape index (κ2) is 17.0. The van der Waals surface area contributed by atoms with Crippen molar-refractivity contribution in [2.24, 2.45) is 0 Å². The van der Waals surface area contributed by atoms with Crippen LogP contribution in [0.1, 0.15) is 103 Å². The molecule has 0 saturated carbocycles. The summed E-state index contributed by atoms with van der Waals surface area (Å²) in [5.41, 5.74) is 11.7. The van der Waals surface area contributed by atoms with Crippen molar-refractivity contribution >= 4 is 3.21 Å². The van der Waals surface area contributed by atoms with Crippen LogP contribution in [-0.2, 0) is 52.3 Å². The van der Waals surface area contributed by atoms with Gasteiger partial charge in [-0.05, 0) is 28.4 Å². The van der Waals surface area contributed by atoms with Gasteiger partial charge in [0.15, 0.2) is 0 Å². The van der Waals surface area contributed by atoms with E-state index in [0.29, 0.717) is 0 Å². The van der Waals surface area contributed by atoms with E-state index < -0.39 is 0 Å². The summed E-state index contributed by atoms with van der Waals surface area (Å²) in [6, 6.07) is 46.8. The molecule has 0 atom stereocenters. The summed E-state index contributed by atoms with van der Waals surface area (Å²) < 4.78 is 1.58. The van der Waals surface area contributed by atoms with Crippen LogP contribution in [0.25, 0.3) is 11.1 Å². The van der Waals surface area contributed by atoms with Crippen molar-refractivity contribution in [1.29, 1.82) is 0 Å². The van der Waals surface area contributed by atoms with Gasteiger partial charge >= 0.3 is 138 Å². The number of hydrogen-bond acceptors (Lipinski definition) is 0. The average molecular weight is 755 g/mol. The monoisotopic (exact) mass is 752 g/mol. The first-order valence-electron chi connectivity index (χ1n) is 16.6. The molecule has 0 amide bonds. The largest absolute Gasteiger partial charge is 1.00 e. The van der Waals surface area contributed by atoms with E-state index in [0.717, 1.165) is 6.42 Å². The molecule has 0 unspecified atom stereocenters. The van der Waals surface area contributed by atoms with Crippen LogP contribution in [0.3, 0.4) is 0 Å². The minimum absolute atomic E-state index is 0. The van der Waals surface area contributed by atoms with Gasteiger partial charge in [-0.2, -0.15) is 42.0 Å². The van der Waals surface area contributed by atoms with E-state index in [2.05, 4.69) is 166 Å². The van der Waals surface area contributed by atoms with Crippen LogP contribution in [0.15, 0.2) is 121 Å². The zero-order valence-corrected chi connectivity index (χ0v) is 34.5. The minimum atomic E-state index is 0. The summed E-state index contributed by atoms with van der Waals surface area (Å²) in [7, 11) is 0. The Bertz CT molecular complexity index is 1580. The molecule has 6 rings (SSSR count). The number of hydrogen-bond donors (Lipinski definition) is 0. The number of rotatable bonds is 4. The van der Waals surface area contributed by atoms with Crippen LogP contribution < -0.4 is 24.8 Å². The Labute approximate surface area is 319 Å². The Hall–Kier alpha value is -2.44. The van der Waals surface area contributed by atoms with E-state index in [1.54, 1.807) is 3.21 Å². The molecule has 0 N–H and O–H groups in total. The van der Waals surface area contributed by atoms with Crippen LogP contribution >= 0.6 is 0 Å². The zero-order valence-electron chi connectivity index (χ0n) is 30.5. The van der Waals surface area contributed by atoms with E-state index in [9.17, 15) is 0 Å². The van der Waals surface area contributed by atoms with E-state index >= 15 is 0 Å². The zero-order chi connectivity index (χ0) is 33.8. The summed E-state index contributed by atoms with van der Waals surface area (Å²) in [6.45, 7) is 23.0. The molecular formula is C45H52Cl2Zr-2. The van der Waals surface area contributed by atoms with Gasteiger partial charge in [0.2, 0.25) is 0 Å². The number of benzene rings is 4. The second-order valence-electron chi connectivity index (χ2n) is 15.6. The van der Waals surface area contributed by atoms with Gasteiger partial charge in [0.05, 0.1) is 0 Å². The molecule has 0 spiro atoms. The maximum atomic E-state index is 3.67.